The maximum absolute atomic E-state index is 10.2. The van der Waals surface area contributed by atoms with Crippen LogP contribution < -0.4 is 10.2 Å². The number of aliphatic hydroxyl groups excluding tert-OH is 1. The van der Waals surface area contributed by atoms with Gasteiger partial charge in [-0.15, -0.1) is 0 Å². The Bertz CT molecular complexity index is 1050. The molecule has 0 bridgehead atoms. The van der Waals surface area contributed by atoms with Gasteiger partial charge in [-0.2, -0.15) is 0 Å². The first kappa shape index (κ1) is 19.7. The van der Waals surface area contributed by atoms with Crippen LogP contribution in [-0.2, 0) is 6.54 Å². The number of hydrogen-bond acceptors (Lipinski definition) is 7. The van der Waals surface area contributed by atoms with E-state index in [0.717, 1.165) is 78.9 Å². The van der Waals surface area contributed by atoms with Gasteiger partial charge in [-0.25, -0.2) is 4.98 Å². The van der Waals surface area contributed by atoms with Crippen LogP contribution in [0.2, 0.25) is 0 Å². The van der Waals surface area contributed by atoms with Gasteiger partial charge in [0.05, 0.1) is 23.3 Å². The molecule has 2 aliphatic heterocycles. The van der Waals surface area contributed by atoms with Gasteiger partial charge in [0.1, 0.15) is 11.9 Å². The molecule has 0 saturated carbocycles. The van der Waals surface area contributed by atoms with E-state index in [1.807, 2.05) is 31.5 Å². The van der Waals surface area contributed by atoms with Crippen molar-refractivity contribution in [1.29, 1.82) is 0 Å². The molecular weight excluding hydrogens is 390 g/mol. The number of imidazole rings is 1. The molecule has 3 N–H and O–H groups in total. The summed E-state index contributed by atoms with van der Waals surface area (Å²) in [6.07, 6.45) is 9.60. The van der Waals surface area contributed by atoms with Gasteiger partial charge in [-0.3, -0.25) is 14.9 Å². The number of nitrogens with zero attached hydrogens (tertiary/aromatic N) is 5. The van der Waals surface area contributed by atoms with E-state index in [2.05, 4.69) is 47.2 Å². The second-order valence-corrected chi connectivity index (χ2v) is 8.00. The number of fused-ring (bicyclic) bond motifs is 1. The highest BCUT2D eigenvalue weighted by atomic mass is 16.3. The summed E-state index contributed by atoms with van der Waals surface area (Å²) < 4.78 is 0. The predicted octanol–water partition coefficient (Wildman–Crippen LogP) is 2.73. The van der Waals surface area contributed by atoms with Crippen molar-refractivity contribution < 1.29 is 5.11 Å². The predicted molar refractivity (Wildman–Crippen MR) is 121 cm³/mol. The lowest BCUT2D eigenvalue weighted by atomic mass is 10.0. The van der Waals surface area contributed by atoms with E-state index < -0.39 is 6.23 Å². The van der Waals surface area contributed by atoms with Crippen molar-refractivity contribution in [1.82, 2.24) is 24.8 Å². The number of aliphatic hydroxyl groups is 1. The monoisotopic (exact) mass is 417 g/mol. The number of aromatic amines is 1. The summed E-state index contributed by atoms with van der Waals surface area (Å²) in [5, 5.41) is 13.4. The average Bonchev–Trinajstić information content (AvgIpc) is 3.34. The topological polar surface area (TPSA) is 93.2 Å². The van der Waals surface area contributed by atoms with Crippen molar-refractivity contribution in [3.8, 4) is 11.5 Å². The van der Waals surface area contributed by atoms with E-state index in [1.54, 1.807) is 12.4 Å². The third kappa shape index (κ3) is 4.17. The van der Waals surface area contributed by atoms with Crippen LogP contribution in [0.5, 0.6) is 0 Å². The summed E-state index contributed by atoms with van der Waals surface area (Å²) in [4.78, 5) is 21.3. The average molecular weight is 418 g/mol. The molecule has 1 fully saturated rings. The van der Waals surface area contributed by atoms with Gasteiger partial charge in [0.2, 0.25) is 0 Å². The maximum atomic E-state index is 10.2. The van der Waals surface area contributed by atoms with Crippen LogP contribution in [0.25, 0.3) is 17.6 Å². The molecule has 3 aromatic rings. The van der Waals surface area contributed by atoms with Gasteiger partial charge in [0.15, 0.2) is 5.82 Å². The fraction of sp³-hybridized carbons (Fsp3) is 0.348. The minimum Gasteiger partial charge on any atom is -0.370 e. The van der Waals surface area contributed by atoms with Gasteiger partial charge in [-0.1, -0.05) is 6.92 Å². The van der Waals surface area contributed by atoms with Crippen LogP contribution in [-0.4, -0.2) is 62.3 Å². The van der Waals surface area contributed by atoms with E-state index in [4.69, 9.17) is 0 Å². The van der Waals surface area contributed by atoms with Crippen LogP contribution in [0, 0.1) is 0 Å². The molecule has 0 aromatic carbocycles. The highest BCUT2D eigenvalue weighted by Crippen LogP contribution is 2.27. The molecule has 0 spiro atoms. The molecule has 8 nitrogen and oxygen atoms in total. The van der Waals surface area contributed by atoms with Crippen molar-refractivity contribution in [2.45, 2.75) is 26.1 Å². The summed E-state index contributed by atoms with van der Waals surface area (Å²) in [7, 11) is 0. The van der Waals surface area contributed by atoms with Crippen LogP contribution in [0.1, 0.15) is 24.6 Å². The summed E-state index contributed by atoms with van der Waals surface area (Å²) in [5.74, 6) is 0.790. The number of pyridine rings is 2. The molecule has 8 heteroatoms. The summed E-state index contributed by atoms with van der Waals surface area (Å²) in [6.45, 7) is 6.77. The highest BCUT2D eigenvalue weighted by molar-refractivity contribution is 5.70. The number of hydrogen-bond donors (Lipinski definition) is 3. The fourth-order valence-corrected chi connectivity index (χ4v) is 4.17. The van der Waals surface area contributed by atoms with E-state index in [0.29, 0.717) is 0 Å². The van der Waals surface area contributed by atoms with Gasteiger partial charge in [0.25, 0.3) is 0 Å². The zero-order valence-corrected chi connectivity index (χ0v) is 17.6. The Balaban J connectivity index is 1.19. The van der Waals surface area contributed by atoms with Crippen molar-refractivity contribution in [3.05, 3.63) is 59.8 Å². The Morgan fingerprint density at radius 3 is 2.68 bits per heavy atom. The van der Waals surface area contributed by atoms with Crippen molar-refractivity contribution in [3.63, 3.8) is 0 Å². The normalized spacial score (nSPS) is 19.0. The molecule has 0 radical (unpaired) electrons. The Morgan fingerprint density at radius 1 is 1.10 bits per heavy atom. The largest absolute Gasteiger partial charge is 0.370 e. The highest BCUT2D eigenvalue weighted by Gasteiger charge is 2.21. The number of aromatic nitrogens is 4. The van der Waals surface area contributed by atoms with E-state index >= 15 is 0 Å². The Morgan fingerprint density at radius 2 is 1.97 bits per heavy atom. The Kier molecular flexibility index (Phi) is 5.40. The zero-order valence-electron chi connectivity index (χ0n) is 17.6. The Labute approximate surface area is 181 Å². The third-order valence-electron chi connectivity index (χ3n) is 5.98. The first-order chi connectivity index (χ1) is 15.2. The number of H-pyrrole nitrogens is 1. The molecule has 1 unspecified atom stereocenters. The molecule has 31 heavy (non-hydrogen) atoms. The van der Waals surface area contributed by atoms with E-state index in [9.17, 15) is 5.11 Å². The van der Waals surface area contributed by atoms with E-state index in [1.165, 1.54) is 0 Å². The molecule has 1 saturated heterocycles. The zero-order chi connectivity index (χ0) is 21.2. The molecule has 160 valence electrons. The first-order valence-electron chi connectivity index (χ1n) is 10.8. The lowest BCUT2D eigenvalue weighted by Crippen LogP contribution is -2.46. The van der Waals surface area contributed by atoms with Gasteiger partial charge < -0.3 is 20.3 Å². The molecule has 2 aliphatic rings. The lowest BCUT2D eigenvalue weighted by molar-refractivity contribution is 0.236. The van der Waals surface area contributed by atoms with Crippen molar-refractivity contribution in [2.24, 2.45) is 0 Å². The third-order valence-corrected chi connectivity index (χ3v) is 5.98. The lowest BCUT2D eigenvalue weighted by Gasteiger charge is -2.36. The minimum absolute atomic E-state index is 0.620. The second-order valence-electron chi connectivity index (χ2n) is 8.00. The fourth-order valence-electron chi connectivity index (χ4n) is 4.17. The molecular formula is C23H27N7O. The van der Waals surface area contributed by atoms with Crippen LogP contribution in [0.3, 0.4) is 0 Å². The molecule has 1 atom stereocenters. The van der Waals surface area contributed by atoms with Crippen molar-refractivity contribution in [2.75, 3.05) is 36.4 Å². The molecule has 5 heterocycles. The summed E-state index contributed by atoms with van der Waals surface area (Å²) in [5.41, 5.74) is 5.93. The quantitative estimate of drug-likeness (QED) is 0.588. The summed E-state index contributed by atoms with van der Waals surface area (Å²) in [6, 6.07) is 6.24. The minimum atomic E-state index is -0.620. The number of rotatable bonds is 5. The van der Waals surface area contributed by atoms with Gasteiger partial charge in [0, 0.05) is 51.3 Å². The van der Waals surface area contributed by atoms with Crippen LogP contribution in [0.15, 0.2) is 48.6 Å². The Hall–Kier alpha value is -3.23. The first-order valence-corrected chi connectivity index (χ1v) is 10.8. The van der Waals surface area contributed by atoms with Crippen LogP contribution in [0.4, 0.5) is 11.4 Å². The number of anilines is 2. The second kappa shape index (κ2) is 8.49. The maximum Gasteiger partial charge on any atom is 0.155 e. The molecule has 0 amide bonds. The SMILES string of the molecule is CCC1=Cc2ncc(CN3CCN(c4ccc(-c5ncc[nH]5)nc4)CC3)cc2NC1O. The molecule has 3 aromatic heterocycles. The van der Waals surface area contributed by atoms with E-state index in [-0.39, 0.29) is 0 Å². The number of piperazine rings is 1. The molecule has 0 aliphatic carbocycles. The smallest absolute Gasteiger partial charge is 0.155 e. The number of nitrogens with one attached hydrogen (secondary N) is 2. The van der Waals surface area contributed by atoms with Crippen LogP contribution >= 0.6 is 0 Å². The summed E-state index contributed by atoms with van der Waals surface area (Å²) >= 11 is 0. The molecule has 5 rings (SSSR count). The van der Waals surface area contributed by atoms with Gasteiger partial charge >= 0.3 is 0 Å². The standard InChI is InChI=1S/C23H27N7O/c1-2-17-12-20-21(28-23(17)31)11-16(13-26-20)15-29-7-9-30(10-8-29)18-3-4-19(27-14-18)22-24-5-6-25-22/h3-6,11-14,23,28,31H,2,7-10,15H2,1H3,(H,24,25). The van der Waals surface area contributed by atoms with Gasteiger partial charge in [-0.05, 0) is 41.8 Å². The van der Waals surface area contributed by atoms with Crippen molar-refractivity contribution >= 4 is 17.5 Å².